The third-order valence-corrected chi connectivity index (χ3v) is 3.62. The van der Waals surface area contributed by atoms with Crippen LogP contribution in [0.4, 0.5) is 23.6 Å². The van der Waals surface area contributed by atoms with Crippen molar-refractivity contribution >= 4 is 17.1 Å². The minimum atomic E-state index is -4.54. The van der Waals surface area contributed by atoms with E-state index in [4.69, 9.17) is 4.42 Å². The average Bonchev–Trinajstić information content (AvgIpc) is 3.08. The van der Waals surface area contributed by atoms with E-state index in [1.54, 1.807) is 4.90 Å². The van der Waals surface area contributed by atoms with E-state index >= 15 is 0 Å². The van der Waals surface area contributed by atoms with Crippen molar-refractivity contribution in [3.8, 4) is 0 Å². The molecule has 10 heteroatoms. The quantitative estimate of drug-likeness (QED) is 0.643. The van der Waals surface area contributed by atoms with Gasteiger partial charge in [-0.3, -0.25) is 0 Å². The van der Waals surface area contributed by atoms with Gasteiger partial charge in [-0.2, -0.15) is 18.2 Å². The van der Waals surface area contributed by atoms with Gasteiger partial charge < -0.3 is 13.9 Å². The van der Waals surface area contributed by atoms with Crippen molar-refractivity contribution in [1.29, 1.82) is 0 Å². The Kier molecular flexibility index (Phi) is 2.84. The molecule has 0 atom stereocenters. The van der Waals surface area contributed by atoms with E-state index in [1.807, 2.05) is 0 Å². The van der Waals surface area contributed by atoms with Crippen LogP contribution in [0.1, 0.15) is 11.6 Å². The largest absolute Gasteiger partial charge is 0.451 e. The minimum Gasteiger partial charge on any atom is -0.423 e. The predicted octanol–water partition coefficient (Wildman–Crippen LogP) is 2.60. The average molecular weight is 327 g/mol. The van der Waals surface area contributed by atoms with Crippen LogP contribution in [0.15, 0.2) is 22.6 Å². The molecule has 0 saturated carbocycles. The highest BCUT2D eigenvalue weighted by molar-refractivity contribution is 5.74. The van der Waals surface area contributed by atoms with Crippen molar-refractivity contribution in [2.45, 2.75) is 19.3 Å². The number of nitrogens with zero attached hydrogens (tertiary/aromatic N) is 5. The third-order valence-electron chi connectivity index (χ3n) is 3.62. The van der Waals surface area contributed by atoms with Crippen molar-refractivity contribution in [3.63, 3.8) is 0 Å². The lowest BCUT2D eigenvalue weighted by Gasteiger charge is -2.26. The standard InChI is InChI=1S/C13H9F4N5O/c14-7-1-2-8-9(5-7)23-12(18-8)21-3-4-22-10(6-21)19-20-11(22)13(15,16)17/h1-2,5H,3-4,6H2. The van der Waals surface area contributed by atoms with Crippen molar-refractivity contribution in [2.75, 3.05) is 11.4 Å². The van der Waals surface area contributed by atoms with Gasteiger partial charge >= 0.3 is 6.18 Å². The lowest BCUT2D eigenvalue weighted by molar-refractivity contribution is -0.147. The van der Waals surface area contributed by atoms with Crippen LogP contribution in [-0.4, -0.2) is 26.3 Å². The molecular formula is C13H9F4N5O. The van der Waals surface area contributed by atoms with E-state index in [9.17, 15) is 17.6 Å². The van der Waals surface area contributed by atoms with Crippen LogP contribution in [0.25, 0.3) is 11.1 Å². The van der Waals surface area contributed by atoms with Crippen LogP contribution in [0.2, 0.25) is 0 Å². The van der Waals surface area contributed by atoms with Gasteiger partial charge in [0.25, 0.3) is 6.01 Å². The Balaban J connectivity index is 1.66. The second-order valence-corrected chi connectivity index (χ2v) is 5.12. The Morgan fingerprint density at radius 1 is 1.13 bits per heavy atom. The van der Waals surface area contributed by atoms with Gasteiger partial charge in [-0.25, -0.2) is 4.39 Å². The molecule has 0 saturated heterocycles. The Hall–Kier alpha value is -2.65. The highest BCUT2D eigenvalue weighted by atomic mass is 19.4. The molecule has 120 valence electrons. The summed E-state index contributed by atoms with van der Waals surface area (Å²) >= 11 is 0. The number of hydrogen-bond donors (Lipinski definition) is 0. The van der Waals surface area contributed by atoms with E-state index in [0.29, 0.717) is 5.52 Å². The molecule has 1 aliphatic heterocycles. The molecule has 23 heavy (non-hydrogen) atoms. The summed E-state index contributed by atoms with van der Waals surface area (Å²) in [6, 6.07) is 4.16. The van der Waals surface area contributed by atoms with Crippen molar-refractivity contribution < 1.29 is 22.0 Å². The fourth-order valence-electron chi connectivity index (χ4n) is 2.55. The van der Waals surface area contributed by atoms with Crippen LogP contribution in [0, 0.1) is 5.82 Å². The summed E-state index contributed by atoms with van der Waals surface area (Å²) in [5, 5.41) is 6.80. The summed E-state index contributed by atoms with van der Waals surface area (Å²) in [6.45, 7) is 0.395. The predicted molar refractivity (Wildman–Crippen MR) is 70.0 cm³/mol. The van der Waals surface area contributed by atoms with Crippen LogP contribution >= 0.6 is 0 Å². The second-order valence-electron chi connectivity index (χ2n) is 5.12. The highest BCUT2D eigenvalue weighted by Gasteiger charge is 2.39. The number of halogens is 4. The lowest BCUT2D eigenvalue weighted by Crippen LogP contribution is -2.35. The third kappa shape index (κ3) is 2.30. The molecule has 0 bridgehead atoms. The first-order valence-electron chi connectivity index (χ1n) is 6.72. The van der Waals surface area contributed by atoms with E-state index in [2.05, 4.69) is 15.2 Å². The molecule has 3 heterocycles. The van der Waals surface area contributed by atoms with E-state index in [-0.39, 0.29) is 37.1 Å². The topological polar surface area (TPSA) is 60.0 Å². The molecule has 3 aromatic rings. The molecule has 6 nitrogen and oxygen atoms in total. The molecular weight excluding hydrogens is 318 g/mol. The molecule has 0 amide bonds. The summed E-state index contributed by atoms with van der Waals surface area (Å²) in [4.78, 5) is 5.86. The fraction of sp³-hybridized carbons (Fsp3) is 0.308. The van der Waals surface area contributed by atoms with Gasteiger partial charge in [-0.05, 0) is 12.1 Å². The summed E-state index contributed by atoms with van der Waals surface area (Å²) in [5.74, 6) is -1.28. The number of rotatable bonds is 1. The lowest BCUT2D eigenvalue weighted by atomic mass is 10.3. The Morgan fingerprint density at radius 2 is 1.96 bits per heavy atom. The summed E-state index contributed by atoms with van der Waals surface area (Å²) in [7, 11) is 0. The van der Waals surface area contributed by atoms with E-state index < -0.39 is 17.8 Å². The summed E-state index contributed by atoms with van der Waals surface area (Å²) in [5.41, 5.74) is 0.757. The highest BCUT2D eigenvalue weighted by Crippen LogP contribution is 2.31. The number of aromatic nitrogens is 4. The maximum Gasteiger partial charge on any atom is 0.451 e. The Morgan fingerprint density at radius 3 is 2.74 bits per heavy atom. The Bertz CT molecular complexity index is 884. The van der Waals surface area contributed by atoms with Crippen LogP contribution in [-0.2, 0) is 19.3 Å². The van der Waals surface area contributed by atoms with Gasteiger partial charge in [0.15, 0.2) is 11.4 Å². The van der Waals surface area contributed by atoms with Crippen LogP contribution in [0.5, 0.6) is 0 Å². The monoisotopic (exact) mass is 327 g/mol. The number of benzene rings is 1. The van der Waals surface area contributed by atoms with Gasteiger partial charge in [0.1, 0.15) is 11.3 Å². The molecule has 1 aliphatic rings. The molecule has 0 fully saturated rings. The molecule has 0 N–H and O–H groups in total. The molecule has 0 spiro atoms. The SMILES string of the molecule is Fc1ccc2nc(N3CCn4c(nnc4C(F)(F)F)C3)oc2c1. The zero-order valence-electron chi connectivity index (χ0n) is 11.5. The maximum absolute atomic E-state index is 13.2. The number of anilines is 1. The van der Waals surface area contributed by atoms with Gasteiger partial charge in [-0.1, -0.05) is 0 Å². The smallest absolute Gasteiger partial charge is 0.423 e. The van der Waals surface area contributed by atoms with Gasteiger partial charge in [0.2, 0.25) is 5.82 Å². The zero-order valence-corrected chi connectivity index (χ0v) is 11.5. The Labute approximate surface area is 126 Å². The maximum atomic E-state index is 13.2. The first-order chi connectivity index (χ1) is 10.9. The molecule has 0 radical (unpaired) electrons. The van der Waals surface area contributed by atoms with Gasteiger partial charge in [0.05, 0.1) is 6.54 Å². The molecule has 4 rings (SSSR count). The molecule has 0 unspecified atom stereocenters. The van der Waals surface area contributed by atoms with Crippen molar-refractivity contribution in [3.05, 3.63) is 35.7 Å². The first kappa shape index (κ1) is 14.0. The number of hydrogen-bond acceptors (Lipinski definition) is 5. The van der Waals surface area contributed by atoms with Crippen molar-refractivity contribution in [2.24, 2.45) is 0 Å². The fourth-order valence-corrected chi connectivity index (χ4v) is 2.55. The first-order valence-corrected chi connectivity index (χ1v) is 6.72. The molecule has 1 aromatic carbocycles. The number of alkyl halides is 3. The molecule has 2 aromatic heterocycles. The summed E-state index contributed by atoms with van der Waals surface area (Å²) < 4.78 is 58.1. The van der Waals surface area contributed by atoms with Crippen LogP contribution < -0.4 is 4.90 Å². The normalized spacial score (nSPS) is 15.2. The molecule has 0 aliphatic carbocycles. The van der Waals surface area contributed by atoms with Gasteiger partial charge in [-0.15, -0.1) is 10.2 Å². The zero-order chi connectivity index (χ0) is 16.2. The minimum absolute atomic E-state index is 0.0598. The number of oxazole rings is 1. The number of fused-ring (bicyclic) bond motifs is 2. The van der Waals surface area contributed by atoms with E-state index in [1.165, 1.54) is 18.2 Å². The summed E-state index contributed by atoms with van der Waals surface area (Å²) in [6.07, 6.45) is -4.54. The van der Waals surface area contributed by atoms with Crippen molar-refractivity contribution in [1.82, 2.24) is 19.7 Å². The second kappa shape index (κ2) is 4.67. The van der Waals surface area contributed by atoms with Crippen LogP contribution in [0.3, 0.4) is 0 Å². The van der Waals surface area contributed by atoms with E-state index in [0.717, 1.165) is 4.57 Å². The van der Waals surface area contributed by atoms with Gasteiger partial charge in [0, 0.05) is 19.2 Å².